The van der Waals surface area contributed by atoms with E-state index in [9.17, 15) is 14.3 Å². The molecule has 4 nitrogen and oxygen atoms in total. The molecule has 3 rings (SSSR count). The summed E-state index contributed by atoms with van der Waals surface area (Å²) < 4.78 is 13.9. The second-order valence-electron chi connectivity index (χ2n) is 6.07. The number of halogens is 1. The van der Waals surface area contributed by atoms with E-state index in [0.717, 1.165) is 11.1 Å². The first kappa shape index (κ1) is 16.6. The van der Waals surface area contributed by atoms with E-state index in [1.165, 1.54) is 6.07 Å². The number of nitrogens with one attached hydrogen (secondary N) is 1. The molecular weight excluding hydrogens is 307 g/mol. The molecule has 5 heteroatoms. The van der Waals surface area contributed by atoms with Gasteiger partial charge in [0.15, 0.2) is 0 Å². The summed E-state index contributed by atoms with van der Waals surface area (Å²) in [6.07, 6.45) is -0.400. The lowest BCUT2D eigenvalue weighted by atomic mass is 9.92. The second-order valence-corrected chi connectivity index (χ2v) is 6.07. The molecule has 0 radical (unpaired) electrons. The van der Waals surface area contributed by atoms with Crippen molar-refractivity contribution in [3.05, 3.63) is 71.0 Å². The number of benzene rings is 2. The van der Waals surface area contributed by atoms with Crippen LogP contribution in [0.4, 0.5) is 4.39 Å². The first-order valence-electron chi connectivity index (χ1n) is 8.05. The monoisotopic (exact) mass is 328 g/mol. The fraction of sp³-hybridized carbons (Fsp3) is 0.316. The van der Waals surface area contributed by atoms with Gasteiger partial charge in [0.1, 0.15) is 5.82 Å². The Labute approximate surface area is 140 Å². The Hall–Kier alpha value is -2.24. The number of aliphatic hydroxyl groups excluding tert-OH is 1. The molecule has 0 saturated heterocycles. The quantitative estimate of drug-likeness (QED) is 0.903. The minimum Gasteiger partial charge on any atom is -0.387 e. The molecule has 1 aliphatic heterocycles. The van der Waals surface area contributed by atoms with Crippen molar-refractivity contribution in [2.75, 3.05) is 13.6 Å². The topological polar surface area (TPSA) is 52.6 Å². The van der Waals surface area contributed by atoms with Gasteiger partial charge in [-0.05, 0) is 23.6 Å². The van der Waals surface area contributed by atoms with Crippen molar-refractivity contribution in [1.29, 1.82) is 0 Å². The molecule has 1 amide bonds. The first-order chi connectivity index (χ1) is 11.6. The van der Waals surface area contributed by atoms with Gasteiger partial charge in [0, 0.05) is 25.7 Å². The van der Waals surface area contributed by atoms with E-state index < -0.39 is 11.9 Å². The number of hydrogen-bond donors (Lipinski definition) is 2. The summed E-state index contributed by atoms with van der Waals surface area (Å²) in [5.41, 5.74) is 2.54. The van der Waals surface area contributed by atoms with Gasteiger partial charge in [-0.3, -0.25) is 9.69 Å². The molecule has 0 bridgehead atoms. The molecule has 1 aliphatic rings. The second kappa shape index (κ2) is 7.11. The Morgan fingerprint density at radius 1 is 1.25 bits per heavy atom. The Balaban J connectivity index is 1.84. The number of carbonyl (C=O) groups is 1. The number of likely N-dealkylation sites (N-methyl/N-ethyl adjacent to an activating group) is 1. The van der Waals surface area contributed by atoms with Gasteiger partial charge in [0.2, 0.25) is 5.91 Å². The van der Waals surface area contributed by atoms with Gasteiger partial charge in [0.05, 0.1) is 12.1 Å². The highest BCUT2D eigenvalue weighted by Gasteiger charge is 2.32. The summed E-state index contributed by atoms with van der Waals surface area (Å²) in [6, 6.07) is 13.8. The van der Waals surface area contributed by atoms with Crippen LogP contribution in [0.25, 0.3) is 0 Å². The maximum absolute atomic E-state index is 13.9. The van der Waals surface area contributed by atoms with E-state index in [4.69, 9.17) is 0 Å². The summed E-state index contributed by atoms with van der Waals surface area (Å²) in [6.45, 7) is 0.757. The van der Waals surface area contributed by atoms with Gasteiger partial charge in [-0.2, -0.15) is 0 Å². The highest BCUT2D eigenvalue weighted by Crippen LogP contribution is 2.26. The summed E-state index contributed by atoms with van der Waals surface area (Å²) in [7, 11) is 1.61. The predicted octanol–water partition coefficient (Wildman–Crippen LogP) is 2.03. The Kier molecular flexibility index (Phi) is 4.92. The van der Waals surface area contributed by atoms with Crippen LogP contribution in [0.1, 0.15) is 22.8 Å². The molecule has 1 heterocycles. The van der Waals surface area contributed by atoms with E-state index in [-0.39, 0.29) is 24.1 Å². The minimum absolute atomic E-state index is 0.0924. The summed E-state index contributed by atoms with van der Waals surface area (Å²) in [4.78, 5) is 14.2. The molecule has 0 saturated carbocycles. The fourth-order valence-electron chi connectivity index (χ4n) is 3.26. The van der Waals surface area contributed by atoms with Crippen LogP contribution in [-0.4, -0.2) is 35.5 Å². The third-order valence-electron chi connectivity index (χ3n) is 4.57. The van der Waals surface area contributed by atoms with E-state index in [1.807, 2.05) is 29.2 Å². The fourth-order valence-corrected chi connectivity index (χ4v) is 3.26. The maximum Gasteiger partial charge on any atom is 0.237 e. The third-order valence-corrected chi connectivity index (χ3v) is 4.57. The van der Waals surface area contributed by atoms with E-state index >= 15 is 0 Å². The Morgan fingerprint density at radius 2 is 1.92 bits per heavy atom. The molecule has 0 aromatic heterocycles. The molecule has 2 N–H and O–H groups in total. The van der Waals surface area contributed by atoms with Crippen LogP contribution < -0.4 is 5.32 Å². The van der Waals surface area contributed by atoms with Crippen LogP contribution in [0.3, 0.4) is 0 Å². The van der Waals surface area contributed by atoms with Crippen molar-refractivity contribution in [3.8, 4) is 0 Å². The maximum atomic E-state index is 13.9. The Morgan fingerprint density at radius 3 is 2.62 bits per heavy atom. The number of aliphatic hydroxyl groups is 1. The lowest BCUT2D eigenvalue weighted by molar-refractivity contribution is -0.127. The van der Waals surface area contributed by atoms with Crippen LogP contribution in [0.5, 0.6) is 0 Å². The van der Waals surface area contributed by atoms with Crippen molar-refractivity contribution in [2.45, 2.75) is 25.1 Å². The zero-order valence-electron chi connectivity index (χ0n) is 13.6. The van der Waals surface area contributed by atoms with Crippen LogP contribution in [0.15, 0.2) is 48.5 Å². The molecule has 2 aromatic rings. The number of hydrogen-bond acceptors (Lipinski definition) is 3. The molecule has 0 aliphatic carbocycles. The predicted molar refractivity (Wildman–Crippen MR) is 89.8 cm³/mol. The van der Waals surface area contributed by atoms with Gasteiger partial charge in [-0.15, -0.1) is 0 Å². The average Bonchev–Trinajstić information content (AvgIpc) is 2.60. The van der Waals surface area contributed by atoms with Crippen LogP contribution in [0, 0.1) is 5.82 Å². The van der Waals surface area contributed by atoms with Crippen LogP contribution in [-0.2, 0) is 17.8 Å². The largest absolute Gasteiger partial charge is 0.387 e. The van der Waals surface area contributed by atoms with Crippen molar-refractivity contribution < 1.29 is 14.3 Å². The Bertz CT molecular complexity index is 735. The highest BCUT2D eigenvalue weighted by molar-refractivity contribution is 5.82. The van der Waals surface area contributed by atoms with E-state index in [2.05, 4.69) is 5.32 Å². The van der Waals surface area contributed by atoms with Gasteiger partial charge in [-0.25, -0.2) is 4.39 Å². The number of rotatable bonds is 4. The summed E-state index contributed by atoms with van der Waals surface area (Å²) in [5.74, 6) is -0.524. The zero-order chi connectivity index (χ0) is 17.1. The third kappa shape index (κ3) is 3.32. The molecule has 24 heavy (non-hydrogen) atoms. The molecular formula is C19H21FN2O2. The van der Waals surface area contributed by atoms with Crippen molar-refractivity contribution in [1.82, 2.24) is 10.2 Å². The van der Waals surface area contributed by atoms with Crippen LogP contribution >= 0.6 is 0 Å². The smallest absolute Gasteiger partial charge is 0.237 e. The average molecular weight is 328 g/mol. The first-order valence-corrected chi connectivity index (χ1v) is 8.05. The van der Waals surface area contributed by atoms with Crippen LogP contribution in [0.2, 0.25) is 0 Å². The van der Waals surface area contributed by atoms with Gasteiger partial charge in [0.25, 0.3) is 0 Å². The van der Waals surface area contributed by atoms with Crippen molar-refractivity contribution in [2.24, 2.45) is 0 Å². The molecule has 2 unspecified atom stereocenters. The molecule has 0 fully saturated rings. The van der Waals surface area contributed by atoms with E-state index in [0.29, 0.717) is 13.0 Å². The van der Waals surface area contributed by atoms with E-state index in [1.54, 1.807) is 25.2 Å². The standard InChI is InChI=1S/C19H21FN2O2/c1-21-19(24)17-10-13-6-2-3-7-14(13)11-22(17)12-18(23)15-8-4-5-9-16(15)20/h2-9,17-18,23H,10-12H2,1H3,(H,21,24). The van der Waals surface area contributed by atoms with Gasteiger partial charge in [-0.1, -0.05) is 42.5 Å². The summed E-state index contributed by atoms with van der Waals surface area (Å²) in [5, 5.41) is 13.1. The number of β-amino-alcohol motifs (C(OH)–C–C–N with tert-alkyl or cyclic N) is 1. The summed E-state index contributed by atoms with van der Waals surface area (Å²) >= 11 is 0. The minimum atomic E-state index is -0.983. The normalized spacial score (nSPS) is 18.7. The molecule has 126 valence electrons. The molecule has 0 spiro atoms. The number of amides is 1. The number of nitrogens with zero attached hydrogens (tertiary/aromatic N) is 1. The SMILES string of the molecule is CNC(=O)C1Cc2ccccc2CN1CC(O)c1ccccc1F. The van der Waals surface area contributed by atoms with Crippen molar-refractivity contribution in [3.63, 3.8) is 0 Å². The van der Waals surface area contributed by atoms with Gasteiger partial charge >= 0.3 is 0 Å². The lowest BCUT2D eigenvalue weighted by Crippen LogP contribution is -2.50. The lowest BCUT2D eigenvalue weighted by Gasteiger charge is -2.36. The molecule has 2 aromatic carbocycles. The molecule has 2 atom stereocenters. The van der Waals surface area contributed by atoms with Gasteiger partial charge < -0.3 is 10.4 Å². The zero-order valence-corrected chi connectivity index (χ0v) is 13.6. The van der Waals surface area contributed by atoms with Crippen molar-refractivity contribution >= 4 is 5.91 Å². The number of fused-ring (bicyclic) bond motifs is 1. The highest BCUT2D eigenvalue weighted by atomic mass is 19.1. The number of carbonyl (C=O) groups excluding carboxylic acids is 1.